The molecule has 0 amide bonds. The van der Waals surface area contributed by atoms with E-state index in [1.807, 2.05) is 36.4 Å². The predicted molar refractivity (Wildman–Crippen MR) is 191 cm³/mol. The molecule has 0 fully saturated rings. The number of benzene rings is 2. The Morgan fingerprint density at radius 1 is 0.824 bits per heavy atom. The van der Waals surface area contributed by atoms with Gasteiger partial charge in [-0.3, -0.25) is 9.13 Å². The zero-order valence-corrected chi connectivity index (χ0v) is 28.4. The van der Waals surface area contributed by atoms with Gasteiger partial charge in [0.1, 0.15) is 43.1 Å². The molecule has 6 heterocycles. The van der Waals surface area contributed by atoms with E-state index in [1.165, 1.54) is 0 Å². The Morgan fingerprint density at radius 3 is 2.10 bits per heavy atom. The highest BCUT2D eigenvalue weighted by Crippen LogP contribution is 2.34. The first-order valence-electron chi connectivity index (χ1n) is 16.4. The van der Waals surface area contributed by atoms with Gasteiger partial charge in [-0.05, 0) is 72.5 Å². The minimum absolute atomic E-state index is 0.200. The highest BCUT2D eigenvalue weighted by atomic mass is 35.5. The van der Waals surface area contributed by atoms with Gasteiger partial charge in [0.2, 0.25) is 5.88 Å². The molecular formula is C38H34ClN5O7. The highest BCUT2D eigenvalue weighted by molar-refractivity contribution is 6.29. The molecule has 51 heavy (non-hydrogen) atoms. The lowest BCUT2D eigenvalue weighted by molar-refractivity contribution is 0.0486. The number of nitrogens with zero attached hydrogens (tertiary/aromatic N) is 5. The van der Waals surface area contributed by atoms with Crippen LogP contribution >= 0.6 is 11.6 Å². The Balaban J connectivity index is 0.000000175. The van der Waals surface area contributed by atoms with Crippen molar-refractivity contribution in [1.29, 1.82) is 0 Å². The Labute approximate surface area is 298 Å². The molecule has 0 N–H and O–H groups in total. The summed E-state index contributed by atoms with van der Waals surface area (Å²) >= 11 is 5.89. The molecule has 12 nitrogen and oxygen atoms in total. The van der Waals surface area contributed by atoms with Crippen molar-refractivity contribution in [3.63, 3.8) is 0 Å². The number of hydrogen-bond donors (Lipinski definition) is 0. The van der Waals surface area contributed by atoms with E-state index >= 15 is 0 Å². The van der Waals surface area contributed by atoms with Gasteiger partial charge >= 0.3 is 11.4 Å². The van der Waals surface area contributed by atoms with E-state index in [0.717, 1.165) is 58.0 Å². The molecule has 8 rings (SSSR count). The van der Waals surface area contributed by atoms with Crippen molar-refractivity contribution < 1.29 is 23.7 Å². The summed E-state index contributed by atoms with van der Waals surface area (Å²) in [6.07, 6.45) is 6.25. The first-order valence-corrected chi connectivity index (χ1v) is 16.8. The number of rotatable bonds is 9. The molecule has 5 aromatic rings. The van der Waals surface area contributed by atoms with Crippen molar-refractivity contribution >= 4 is 11.6 Å². The largest absolute Gasteiger partial charge is 0.490 e. The Kier molecular flexibility index (Phi) is 9.84. The van der Waals surface area contributed by atoms with Crippen molar-refractivity contribution in [2.24, 2.45) is 0 Å². The fourth-order valence-corrected chi connectivity index (χ4v) is 6.32. The molecule has 2 aromatic carbocycles. The average molecular weight is 708 g/mol. The summed E-state index contributed by atoms with van der Waals surface area (Å²) < 4.78 is 31.8. The Morgan fingerprint density at radius 2 is 1.45 bits per heavy atom. The molecule has 0 radical (unpaired) electrons. The third-order valence-corrected chi connectivity index (χ3v) is 8.66. The van der Waals surface area contributed by atoms with Crippen molar-refractivity contribution in [3.05, 3.63) is 129 Å². The molecule has 3 aromatic heterocycles. The van der Waals surface area contributed by atoms with Crippen LogP contribution in [0.4, 0.5) is 0 Å². The molecule has 0 spiro atoms. The fraction of sp³-hybridized carbons (Fsp3) is 0.237. The normalized spacial score (nSPS) is 14.6. The Hall–Kier alpha value is -5.88. The van der Waals surface area contributed by atoms with Gasteiger partial charge in [-0.15, -0.1) is 0 Å². The lowest BCUT2D eigenvalue weighted by atomic mass is 9.97. The maximum absolute atomic E-state index is 12.6. The first kappa shape index (κ1) is 33.6. The van der Waals surface area contributed by atoms with Crippen LogP contribution in [-0.2, 0) is 25.9 Å². The van der Waals surface area contributed by atoms with Gasteiger partial charge in [0, 0.05) is 42.5 Å². The van der Waals surface area contributed by atoms with Crippen LogP contribution in [0.1, 0.15) is 11.1 Å². The van der Waals surface area contributed by atoms with Crippen LogP contribution in [0.3, 0.4) is 0 Å². The molecule has 0 aliphatic carbocycles. The maximum Gasteiger partial charge on any atom is 0.351 e. The summed E-state index contributed by atoms with van der Waals surface area (Å²) in [5.74, 6) is 2.89. The SMILES string of the molecule is C=CCOc1ccc2c(c1)CCn1c-2cc(Cl)nc1=O.C=CCOc1ccc2c(c1)CCn1c-2cc(OC[C@@H]2COc3ncccc3O2)nc1=O. The molecule has 0 unspecified atom stereocenters. The minimum atomic E-state index is -0.333. The van der Waals surface area contributed by atoms with Crippen molar-refractivity contribution in [2.75, 3.05) is 26.4 Å². The first-order chi connectivity index (χ1) is 24.9. The molecule has 0 bridgehead atoms. The number of hydrogen-bond acceptors (Lipinski definition) is 10. The summed E-state index contributed by atoms with van der Waals surface area (Å²) in [5.41, 5.74) is 5.20. The summed E-state index contributed by atoms with van der Waals surface area (Å²) in [6, 6.07) is 18.8. The number of aryl methyl sites for hydroxylation is 2. The number of fused-ring (bicyclic) bond motifs is 7. The molecular weight excluding hydrogens is 674 g/mol. The summed E-state index contributed by atoms with van der Waals surface area (Å²) in [5, 5.41) is 0.223. The van der Waals surface area contributed by atoms with Gasteiger partial charge in [-0.2, -0.15) is 9.97 Å². The van der Waals surface area contributed by atoms with Gasteiger partial charge in [0.05, 0.1) is 11.4 Å². The summed E-state index contributed by atoms with van der Waals surface area (Å²) in [7, 11) is 0. The van der Waals surface area contributed by atoms with Gasteiger partial charge in [0.25, 0.3) is 5.88 Å². The van der Waals surface area contributed by atoms with E-state index < -0.39 is 0 Å². The third-order valence-electron chi connectivity index (χ3n) is 8.47. The molecule has 0 saturated heterocycles. The van der Waals surface area contributed by atoms with E-state index in [2.05, 4.69) is 28.1 Å². The molecule has 1 atom stereocenters. The van der Waals surface area contributed by atoms with Crippen LogP contribution in [0, 0.1) is 0 Å². The van der Waals surface area contributed by atoms with E-state index in [1.54, 1.807) is 51.7 Å². The zero-order valence-electron chi connectivity index (χ0n) is 27.6. The fourth-order valence-electron chi connectivity index (χ4n) is 6.14. The summed E-state index contributed by atoms with van der Waals surface area (Å²) in [4.78, 5) is 36.4. The van der Waals surface area contributed by atoms with Crippen molar-refractivity contribution in [3.8, 4) is 51.5 Å². The average Bonchev–Trinajstić information content (AvgIpc) is 3.15. The summed E-state index contributed by atoms with van der Waals surface area (Å²) in [6.45, 7) is 9.90. The quantitative estimate of drug-likeness (QED) is 0.147. The lowest BCUT2D eigenvalue weighted by Crippen LogP contribution is -2.35. The Bertz CT molecular complexity index is 2230. The highest BCUT2D eigenvalue weighted by Gasteiger charge is 2.24. The molecule has 0 saturated carbocycles. The second-order valence-corrected chi connectivity index (χ2v) is 12.2. The number of halogens is 1. The van der Waals surface area contributed by atoms with Gasteiger partial charge in [-0.25, -0.2) is 14.6 Å². The molecule has 3 aliphatic heterocycles. The maximum atomic E-state index is 12.6. The van der Waals surface area contributed by atoms with Crippen LogP contribution < -0.4 is 35.1 Å². The molecule has 260 valence electrons. The molecule has 3 aliphatic rings. The van der Waals surface area contributed by atoms with Crippen molar-refractivity contribution in [1.82, 2.24) is 24.1 Å². The second-order valence-electron chi connectivity index (χ2n) is 11.8. The lowest BCUT2D eigenvalue weighted by Gasteiger charge is -2.25. The van der Waals surface area contributed by atoms with Crippen LogP contribution in [0.25, 0.3) is 22.5 Å². The smallest absolute Gasteiger partial charge is 0.351 e. The van der Waals surface area contributed by atoms with E-state index in [-0.39, 0.29) is 35.1 Å². The van der Waals surface area contributed by atoms with Crippen LogP contribution in [0.2, 0.25) is 5.15 Å². The van der Waals surface area contributed by atoms with E-state index in [0.29, 0.717) is 44.5 Å². The third kappa shape index (κ3) is 7.36. The standard InChI is InChI=1S/C23H21N3O5.C15H13ClN2O2/c1-2-10-28-16-5-6-18-15(11-16)7-9-26-19(18)12-21(25-23(26)27)29-13-17-14-30-22-20(31-17)4-3-8-24-22;1-2-7-20-11-3-4-12-10(8-11)5-6-18-13(12)9-14(16)17-15(18)19/h2-6,8,11-12,17H,1,7,9-10,13-14H2;2-4,8-9H,1,5-7H2/t17-;/m1./s1. The van der Waals surface area contributed by atoms with Crippen LogP contribution in [-0.4, -0.2) is 56.6 Å². The number of aromatic nitrogens is 5. The van der Waals surface area contributed by atoms with Crippen LogP contribution in [0.15, 0.2) is 102 Å². The predicted octanol–water partition coefficient (Wildman–Crippen LogP) is 5.33. The van der Waals surface area contributed by atoms with Crippen LogP contribution in [0.5, 0.6) is 29.0 Å². The number of pyridine rings is 1. The van der Waals surface area contributed by atoms with Gasteiger partial charge in [0.15, 0.2) is 11.9 Å². The van der Waals surface area contributed by atoms with Crippen molar-refractivity contribution in [2.45, 2.75) is 32.0 Å². The minimum Gasteiger partial charge on any atom is -0.490 e. The topological polar surface area (TPSA) is 129 Å². The van der Waals surface area contributed by atoms with E-state index in [9.17, 15) is 9.59 Å². The van der Waals surface area contributed by atoms with Gasteiger partial charge in [-0.1, -0.05) is 36.9 Å². The zero-order chi connectivity index (χ0) is 35.3. The van der Waals surface area contributed by atoms with E-state index in [4.69, 9.17) is 35.3 Å². The molecule has 13 heteroatoms. The number of ether oxygens (including phenoxy) is 5. The van der Waals surface area contributed by atoms with Gasteiger partial charge < -0.3 is 23.7 Å². The monoisotopic (exact) mass is 707 g/mol. The second kappa shape index (κ2) is 14.9.